The predicted molar refractivity (Wildman–Crippen MR) is 79.6 cm³/mol. The number of benzene rings is 1. The predicted octanol–water partition coefficient (Wildman–Crippen LogP) is 4.74. The lowest BCUT2D eigenvalue weighted by molar-refractivity contribution is -0.121. The van der Waals surface area contributed by atoms with E-state index >= 15 is 0 Å². The zero-order chi connectivity index (χ0) is 13.6. The van der Waals surface area contributed by atoms with Crippen LogP contribution in [0.15, 0.2) is 12.1 Å². The van der Waals surface area contributed by atoms with Crippen molar-refractivity contribution < 1.29 is 4.79 Å². The van der Waals surface area contributed by atoms with E-state index < -0.39 is 0 Å². The summed E-state index contributed by atoms with van der Waals surface area (Å²) in [5.41, 5.74) is 0.843. The third-order valence-corrected chi connectivity index (χ3v) is 4.82. The lowest BCUT2D eigenvalue weighted by atomic mass is 9.83. The van der Waals surface area contributed by atoms with Gasteiger partial charge < -0.3 is 4.90 Å². The van der Waals surface area contributed by atoms with Crippen LogP contribution in [-0.4, -0.2) is 17.9 Å². The zero-order valence-electron chi connectivity index (χ0n) is 10.3. The van der Waals surface area contributed by atoms with Gasteiger partial charge in [0.25, 0.3) is 0 Å². The van der Waals surface area contributed by atoms with Crippen molar-refractivity contribution in [2.24, 2.45) is 0 Å². The molecule has 0 aromatic heterocycles. The number of hydrogen-bond acceptors (Lipinski definition) is 2. The lowest BCUT2D eigenvalue weighted by Gasteiger charge is -2.47. The second-order valence-corrected chi connectivity index (χ2v) is 6.56. The molecule has 1 aromatic carbocycles. The van der Waals surface area contributed by atoms with Gasteiger partial charge in [-0.15, -0.1) is 0 Å². The topological polar surface area (TPSA) is 20.3 Å². The van der Waals surface area contributed by atoms with E-state index in [4.69, 9.17) is 34.8 Å². The fraction of sp³-hybridized carbons (Fsp3) is 0.500. The Bertz CT molecular complexity index is 492. The van der Waals surface area contributed by atoms with Crippen LogP contribution in [0, 0.1) is 0 Å². The maximum Gasteiger partial charge on any atom is 0.137 e. The van der Waals surface area contributed by atoms with Gasteiger partial charge in [-0.1, -0.05) is 34.8 Å². The molecule has 2 fully saturated rings. The molecule has 2 bridgehead atoms. The summed E-state index contributed by atoms with van der Waals surface area (Å²) in [7, 11) is 0. The van der Waals surface area contributed by atoms with E-state index in [9.17, 15) is 4.79 Å². The van der Waals surface area contributed by atoms with Gasteiger partial charge in [0.15, 0.2) is 0 Å². The molecule has 2 aliphatic heterocycles. The molecule has 5 heteroatoms. The Morgan fingerprint density at radius 2 is 1.53 bits per heavy atom. The van der Waals surface area contributed by atoms with Crippen molar-refractivity contribution in [3.05, 3.63) is 27.2 Å². The smallest absolute Gasteiger partial charge is 0.137 e. The van der Waals surface area contributed by atoms with Crippen LogP contribution in [0.1, 0.15) is 32.1 Å². The first-order valence-corrected chi connectivity index (χ1v) is 7.64. The summed E-state index contributed by atoms with van der Waals surface area (Å²) < 4.78 is 0. The van der Waals surface area contributed by atoms with E-state index in [1.54, 1.807) is 12.1 Å². The Kier molecular flexibility index (Phi) is 3.67. The number of Topliss-reactive ketones (excluding diaryl/α,β-unsaturated/α-hetero) is 1. The average molecular weight is 319 g/mol. The molecule has 3 rings (SSSR count). The third kappa shape index (κ3) is 2.46. The van der Waals surface area contributed by atoms with Crippen LogP contribution >= 0.6 is 34.8 Å². The van der Waals surface area contributed by atoms with Crippen molar-refractivity contribution in [2.75, 3.05) is 4.90 Å². The SMILES string of the molecule is O=C1CC2CCCC(C1)N2c1c(Cl)cc(Cl)cc1Cl. The van der Waals surface area contributed by atoms with Crippen LogP contribution in [0.4, 0.5) is 5.69 Å². The Morgan fingerprint density at radius 3 is 2.05 bits per heavy atom. The molecule has 19 heavy (non-hydrogen) atoms. The summed E-state index contributed by atoms with van der Waals surface area (Å²) in [6.07, 6.45) is 4.43. The molecule has 0 aliphatic carbocycles. The molecular formula is C14H14Cl3NO. The van der Waals surface area contributed by atoms with Gasteiger partial charge in [-0.05, 0) is 31.4 Å². The molecule has 0 saturated carbocycles. The standard InChI is InChI=1S/C14H14Cl3NO/c15-8-4-12(16)14(13(17)5-8)18-9-2-1-3-10(18)7-11(19)6-9/h4-5,9-10H,1-3,6-7H2. The fourth-order valence-electron chi connectivity index (χ4n) is 3.32. The molecule has 0 N–H and O–H groups in total. The first-order valence-electron chi connectivity index (χ1n) is 6.51. The first kappa shape index (κ1) is 13.5. The molecule has 2 saturated heterocycles. The summed E-state index contributed by atoms with van der Waals surface area (Å²) in [6.45, 7) is 0. The normalized spacial score (nSPS) is 26.7. The van der Waals surface area contributed by atoms with Gasteiger partial charge in [0, 0.05) is 29.9 Å². The molecule has 0 spiro atoms. The molecular weight excluding hydrogens is 305 g/mol. The van der Waals surface area contributed by atoms with Gasteiger partial charge in [-0.3, -0.25) is 4.79 Å². The number of rotatable bonds is 1. The fourth-order valence-corrected chi connectivity index (χ4v) is 4.33. The molecule has 2 aliphatic rings. The highest BCUT2D eigenvalue weighted by Crippen LogP contribution is 2.44. The Labute approximate surface area is 127 Å². The van der Waals surface area contributed by atoms with Gasteiger partial charge in [0.1, 0.15) is 5.78 Å². The monoisotopic (exact) mass is 317 g/mol. The van der Waals surface area contributed by atoms with E-state index in [-0.39, 0.29) is 12.1 Å². The van der Waals surface area contributed by atoms with Crippen LogP contribution in [0.3, 0.4) is 0 Å². The molecule has 0 radical (unpaired) electrons. The second-order valence-electron chi connectivity index (χ2n) is 5.31. The van der Waals surface area contributed by atoms with Crippen molar-refractivity contribution >= 4 is 46.3 Å². The minimum atomic E-state index is 0.233. The van der Waals surface area contributed by atoms with Gasteiger partial charge >= 0.3 is 0 Å². The van der Waals surface area contributed by atoms with Crippen molar-refractivity contribution in [3.8, 4) is 0 Å². The molecule has 2 heterocycles. The Balaban J connectivity index is 2.04. The number of nitrogens with zero attached hydrogens (tertiary/aromatic N) is 1. The van der Waals surface area contributed by atoms with E-state index in [0.717, 1.165) is 18.5 Å². The maximum absolute atomic E-state index is 11.8. The van der Waals surface area contributed by atoms with Gasteiger partial charge in [-0.2, -0.15) is 0 Å². The third-order valence-electron chi connectivity index (χ3n) is 4.03. The molecule has 0 amide bonds. The van der Waals surface area contributed by atoms with Crippen LogP contribution in [0.25, 0.3) is 0 Å². The number of ketones is 1. The molecule has 2 unspecified atom stereocenters. The van der Waals surface area contributed by atoms with E-state index in [1.165, 1.54) is 6.42 Å². The number of carbonyl (C=O) groups is 1. The number of piperidine rings is 2. The molecule has 1 aromatic rings. The highest BCUT2D eigenvalue weighted by Gasteiger charge is 2.39. The van der Waals surface area contributed by atoms with Gasteiger partial charge in [0.05, 0.1) is 15.7 Å². The number of halogens is 3. The lowest BCUT2D eigenvalue weighted by Crippen LogP contribution is -2.52. The number of hydrogen-bond donors (Lipinski definition) is 0. The summed E-state index contributed by atoms with van der Waals surface area (Å²) in [4.78, 5) is 14.0. The minimum absolute atomic E-state index is 0.233. The molecule has 2 atom stereocenters. The van der Waals surface area contributed by atoms with Gasteiger partial charge in [-0.25, -0.2) is 0 Å². The summed E-state index contributed by atoms with van der Waals surface area (Å²) in [5.74, 6) is 0.354. The largest absolute Gasteiger partial charge is 0.362 e. The molecule has 2 nitrogen and oxygen atoms in total. The summed E-state index contributed by atoms with van der Waals surface area (Å²) in [5, 5.41) is 1.68. The zero-order valence-corrected chi connectivity index (χ0v) is 12.6. The number of carbonyl (C=O) groups excluding carboxylic acids is 1. The van der Waals surface area contributed by atoms with Crippen LogP contribution in [-0.2, 0) is 4.79 Å². The highest BCUT2D eigenvalue weighted by atomic mass is 35.5. The summed E-state index contributed by atoms with van der Waals surface area (Å²) in [6, 6.07) is 3.90. The van der Waals surface area contributed by atoms with Crippen LogP contribution in [0.2, 0.25) is 15.1 Å². The highest BCUT2D eigenvalue weighted by molar-refractivity contribution is 6.41. The number of anilines is 1. The number of fused-ring (bicyclic) bond motifs is 2. The van der Waals surface area contributed by atoms with Crippen LogP contribution < -0.4 is 4.90 Å². The van der Waals surface area contributed by atoms with E-state index in [2.05, 4.69) is 4.90 Å². The average Bonchev–Trinajstić information content (AvgIpc) is 2.28. The second kappa shape index (κ2) is 5.16. The quantitative estimate of drug-likeness (QED) is 0.745. The van der Waals surface area contributed by atoms with Crippen molar-refractivity contribution in [1.29, 1.82) is 0 Å². The van der Waals surface area contributed by atoms with Crippen molar-refractivity contribution in [1.82, 2.24) is 0 Å². The van der Waals surface area contributed by atoms with E-state index in [0.29, 0.717) is 33.7 Å². The van der Waals surface area contributed by atoms with Crippen LogP contribution in [0.5, 0.6) is 0 Å². The van der Waals surface area contributed by atoms with Crippen molar-refractivity contribution in [2.45, 2.75) is 44.2 Å². The maximum atomic E-state index is 11.8. The van der Waals surface area contributed by atoms with E-state index in [1.807, 2.05) is 0 Å². The Morgan fingerprint density at radius 1 is 1.00 bits per heavy atom. The minimum Gasteiger partial charge on any atom is -0.362 e. The summed E-state index contributed by atoms with van der Waals surface area (Å²) >= 11 is 18.6. The first-order chi connectivity index (χ1) is 9.06. The molecule has 102 valence electrons. The Hall–Kier alpha value is -0.440. The van der Waals surface area contributed by atoms with Gasteiger partial charge in [0.2, 0.25) is 0 Å². The van der Waals surface area contributed by atoms with Crippen molar-refractivity contribution in [3.63, 3.8) is 0 Å².